The quantitative estimate of drug-likeness (QED) is 0.790. The first-order chi connectivity index (χ1) is 9.27. The topological polar surface area (TPSA) is 81.1 Å². The summed E-state index contributed by atoms with van der Waals surface area (Å²) in [5, 5.41) is 15.2. The van der Waals surface area contributed by atoms with Gasteiger partial charge in [-0.3, -0.25) is 9.78 Å². The van der Waals surface area contributed by atoms with Crippen LogP contribution in [0, 0.1) is 11.3 Å². The number of nitrogens with one attached hydrogen (secondary N) is 2. The van der Waals surface area contributed by atoms with E-state index in [-0.39, 0.29) is 11.9 Å². The van der Waals surface area contributed by atoms with Crippen LogP contribution in [0.3, 0.4) is 0 Å². The third kappa shape index (κ3) is 2.83. The number of nitrogens with zero attached hydrogens (tertiary/aromatic N) is 3. The Kier molecular flexibility index (Phi) is 4.31. The van der Waals surface area contributed by atoms with Gasteiger partial charge in [0.05, 0.1) is 17.4 Å². The number of aromatic nitrogens is 1. The third-order valence-corrected chi connectivity index (χ3v) is 3.13. The molecule has 19 heavy (non-hydrogen) atoms. The maximum Gasteiger partial charge on any atom is 0.244 e. The molecule has 1 aromatic rings. The number of amides is 1. The van der Waals surface area contributed by atoms with Gasteiger partial charge < -0.3 is 15.5 Å². The Labute approximate surface area is 112 Å². The minimum Gasteiger partial charge on any atom is -0.355 e. The van der Waals surface area contributed by atoms with Crippen molar-refractivity contribution in [2.24, 2.45) is 0 Å². The molecule has 0 bridgehead atoms. The lowest BCUT2D eigenvalue weighted by Gasteiger charge is -2.37. The average Bonchev–Trinajstić information content (AvgIpc) is 2.47. The number of anilines is 1. The van der Waals surface area contributed by atoms with Gasteiger partial charge in [-0.1, -0.05) is 0 Å². The van der Waals surface area contributed by atoms with E-state index in [9.17, 15) is 4.79 Å². The van der Waals surface area contributed by atoms with Crippen molar-refractivity contribution in [2.75, 3.05) is 31.1 Å². The largest absolute Gasteiger partial charge is 0.355 e. The molecule has 2 heterocycles. The highest BCUT2D eigenvalue weighted by Gasteiger charge is 2.29. The van der Waals surface area contributed by atoms with Crippen LogP contribution >= 0.6 is 0 Å². The van der Waals surface area contributed by atoms with Gasteiger partial charge in [0.15, 0.2) is 0 Å². The van der Waals surface area contributed by atoms with E-state index in [1.165, 1.54) is 0 Å². The van der Waals surface area contributed by atoms with Crippen molar-refractivity contribution in [1.29, 1.82) is 5.26 Å². The van der Waals surface area contributed by atoms with Crippen LogP contribution in [-0.2, 0) is 4.79 Å². The summed E-state index contributed by atoms with van der Waals surface area (Å²) in [5.74, 6) is -0.0255. The van der Waals surface area contributed by atoms with Crippen LogP contribution in [0.1, 0.15) is 12.5 Å². The standard InChI is InChI=1S/C13H17N5O/c1-2-17-13(19)12-9-16-5-6-18(12)11-8-15-4-3-10(11)7-14/h3-4,8,12,16H,2,5-6,9H2,1H3,(H,17,19). The monoisotopic (exact) mass is 259 g/mol. The highest BCUT2D eigenvalue weighted by atomic mass is 16.2. The lowest BCUT2D eigenvalue weighted by molar-refractivity contribution is -0.122. The molecule has 0 aliphatic carbocycles. The van der Waals surface area contributed by atoms with Crippen molar-refractivity contribution in [1.82, 2.24) is 15.6 Å². The fourth-order valence-electron chi connectivity index (χ4n) is 2.23. The molecule has 100 valence electrons. The molecule has 1 unspecified atom stereocenters. The molecular weight excluding hydrogens is 242 g/mol. The molecule has 0 aromatic carbocycles. The summed E-state index contributed by atoms with van der Waals surface area (Å²) in [4.78, 5) is 18.1. The molecule has 1 aliphatic heterocycles. The fraction of sp³-hybridized carbons (Fsp3) is 0.462. The predicted octanol–water partition coefficient (Wildman–Crippen LogP) is -0.132. The zero-order valence-corrected chi connectivity index (χ0v) is 10.9. The highest BCUT2D eigenvalue weighted by molar-refractivity contribution is 5.86. The molecular formula is C13H17N5O. The highest BCUT2D eigenvalue weighted by Crippen LogP contribution is 2.21. The summed E-state index contributed by atoms with van der Waals surface area (Å²) in [6.07, 6.45) is 3.24. The molecule has 1 amide bonds. The van der Waals surface area contributed by atoms with E-state index in [2.05, 4.69) is 21.7 Å². The van der Waals surface area contributed by atoms with E-state index in [4.69, 9.17) is 5.26 Å². The average molecular weight is 259 g/mol. The lowest BCUT2D eigenvalue weighted by Crippen LogP contribution is -2.58. The summed E-state index contributed by atoms with van der Waals surface area (Å²) < 4.78 is 0. The molecule has 6 heteroatoms. The van der Waals surface area contributed by atoms with E-state index >= 15 is 0 Å². The summed E-state index contributed by atoms with van der Waals surface area (Å²) in [7, 11) is 0. The Morgan fingerprint density at radius 1 is 1.74 bits per heavy atom. The van der Waals surface area contributed by atoms with Gasteiger partial charge in [0.1, 0.15) is 12.1 Å². The van der Waals surface area contributed by atoms with Crippen LogP contribution in [0.5, 0.6) is 0 Å². The maximum absolute atomic E-state index is 12.1. The van der Waals surface area contributed by atoms with Gasteiger partial charge >= 0.3 is 0 Å². The zero-order valence-electron chi connectivity index (χ0n) is 10.9. The first kappa shape index (κ1) is 13.3. The minimum atomic E-state index is -0.301. The van der Waals surface area contributed by atoms with Gasteiger partial charge in [-0.25, -0.2) is 0 Å². The van der Waals surface area contributed by atoms with Crippen LogP contribution in [0.25, 0.3) is 0 Å². The lowest BCUT2D eigenvalue weighted by atomic mass is 10.1. The second-order valence-electron chi connectivity index (χ2n) is 4.31. The van der Waals surface area contributed by atoms with E-state index in [1.54, 1.807) is 18.5 Å². The number of rotatable bonds is 3. The van der Waals surface area contributed by atoms with Gasteiger partial charge in [0.25, 0.3) is 0 Å². The Bertz CT molecular complexity index is 496. The molecule has 0 saturated carbocycles. The number of carbonyl (C=O) groups is 1. The second kappa shape index (κ2) is 6.16. The zero-order chi connectivity index (χ0) is 13.7. The smallest absolute Gasteiger partial charge is 0.244 e. The summed E-state index contributed by atoms with van der Waals surface area (Å²) in [5.41, 5.74) is 1.27. The van der Waals surface area contributed by atoms with Crippen LogP contribution in [0.15, 0.2) is 18.5 Å². The molecule has 1 aromatic heterocycles. The molecule has 1 atom stereocenters. The third-order valence-electron chi connectivity index (χ3n) is 3.13. The number of carbonyl (C=O) groups excluding carboxylic acids is 1. The van der Waals surface area contributed by atoms with Gasteiger partial charge in [-0.15, -0.1) is 0 Å². The van der Waals surface area contributed by atoms with Crippen LogP contribution < -0.4 is 15.5 Å². The first-order valence-electron chi connectivity index (χ1n) is 6.37. The van der Waals surface area contributed by atoms with Gasteiger partial charge in [-0.05, 0) is 13.0 Å². The second-order valence-corrected chi connectivity index (χ2v) is 4.31. The van der Waals surface area contributed by atoms with Crippen molar-refractivity contribution in [3.8, 4) is 6.07 Å². The number of pyridine rings is 1. The fourth-order valence-corrected chi connectivity index (χ4v) is 2.23. The van der Waals surface area contributed by atoms with Crippen LogP contribution in [-0.4, -0.2) is 43.1 Å². The molecule has 6 nitrogen and oxygen atoms in total. The van der Waals surface area contributed by atoms with E-state index in [0.29, 0.717) is 25.2 Å². The van der Waals surface area contributed by atoms with E-state index in [0.717, 1.165) is 12.2 Å². The summed E-state index contributed by atoms with van der Waals surface area (Å²) >= 11 is 0. The van der Waals surface area contributed by atoms with Crippen LogP contribution in [0.4, 0.5) is 5.69 Å². The SMILES string of the molecule is CCNC(=O)C1CNCCN1c1cnccc1C#N. The summed E-state index contributed by atoms with van der Waals surface area (Å²) in [6, 6.07) is 3.52. The van der Waals surface area contributed by atoms with Gasteiger partial charge in [0.2, 0.25) is 5.91 Å². The number of piperazine rings is 1. The van der Waals surface area contributed by atoms with Crippen molar-refractivity contribution in [3.05, 3.63) is 24.0 Å². The van der Waals surface area contributed by atoms with Gasteiger partial charge in [0, 0.05) is 32.4 Å². The molecule has 2 N–H and O–H groups in total. The number of hydrogen-bond acceptors (Lipinski definition) is 5. The number of likely N-dealkylation sites (N-methyl/N-ethyl adjacent to an activating group) is 1. The molecule has 1 aliphatic rings. The molecule has 1 saturated heterocycles. The van der Waals surface area contributed by atoms with Crippen molar-refractivity contribution in [2.45, 2.75) is 13.0 Å². The molecule has 2 rings (SSSR count). The van der Waals surface area contributed by atoms with E-state index < -0.39 is 0 Å². The normalized spacial score (nSPS) is 18.7. The Morgan fingerprint density at radius 3 is 3.32 bits per heavy atom. The van der Waals surface area contributed by atoms with Crippen molar-refractivity contribution < 1.29 is 4.79 Å². The predicted molar refractivity (Wildman–Crippen MR) is 71.6 cm³/mol. The van der Waals surface area contributed by atoms with Crippen molar-refractivity contribution >= 4 is 11.6 Å². The maximum atomic E-state index is 12.1. The van der Waals surface area contributed by atoms with Gasteiger partial charge in [-0.2, -0.15) is 5.26 Å². The Morgan fingerprint density at radius 2 is 2.58 bits per heavy atom. The summed E-state index contributed by atoms with van der Waals surface area (Å²) in [6.45, 7) is 4.54. The number of hydrogen-bond donors (Lipinski definition) is 2. The Hall–Kier alpha value is -2.13. The van der Waals surface area contributed by atoms with Crippen molar-refractivity contribution in [3.63, 3.8) is 0 Å². The molecule has 0 radical (unpaired) electrons. The first-order valence-corrected chi connectivity index (χ1v) is 6.37. The number of nitriles is 1. The minimum absolute atomic E-state index is 0.0255. The van der Waals surface area contributed by atoms with E-state index in [1.807, 2.05) is 11.8 Å². The Balaban J connectivity index is 2.29. The molecule has 1 fully saturated rings. The molecule has 0 spiro atoms. The van der Waals surface area contributed by atoms with Crippen LogP contribution in [0.2, 0.25) is 0 Å².